The highest BCUT2D eigenvalue weighted by atomic mass is 15.1. The van der Waals surface area contributed by atoms with Crippen LogP contribution in [0.3, 0.4) is 0 Å². The normalized spacial score (nSPS) is 10.7. The fourth-order valence-electron chi connectivity index (χ4n) is 2.73. The second-order valence-electron chi connectivity index (χ2n) is 5.85. The number of aromatic nitrogens is 3. The molecule has 5 heteroatoms. The third-order valence-corrected chi connectivity index (χ3v) is 3.84. The number of nitrogens with zero attached hydrogens (tertiary/aromatic N) is 3. The van der Waals surface area contributed by atoms with Crippen molar-refractivity contribution in [2.45, 2.75) is 19.4 Å². The van der Waals surface area contributed by atoms with Crippen molar-refractivity contribution in [1.82, 2.24) is 14.5 Å². The van der Waals surface area contributed by atoms with E-state index in [0.29, 0.717) is 24.5 Å². The van der Waals surface area contributed by atoms with Gasteiger partial charge in [-0.1, -0.05) is 36.9 Å². The molecule has 1 aromatic carbocycles. The first-order valence-corrected chi connectivity index (χ1v) is 7.82. The molecule has 0 aliphatic heterocycles. The van der Waals surface area contributed by atoms with Gasteiger partial charge in [-0.05, 0) is 23.3 Å². The van der Waals surface area contributed by atoms with Gasteiger partial charge in [-0.3, -0.25) is 0 Å². The van der Waals surface area contributed by atoms with Crippen LogP contribution in [0.4, 0.5) is 5.82 Å². The van der Waals surface area contributed by atoms with Crippen molar-refractivity contribution in [3.05, 3.63) is 89.8 Å². The van der Waals surface area contributed by atoms with Gasteiger partial charge in [-0.2, -0.15) is 0 Å². The zero-order valence-electron chi connectivity index (χ0n) is 13.5. The van der Waals surface area contributed by atoms with Crippen molar-refractivity contribution in [2.75, 3.05) is 5.73 Å². The summed E-state index contributed by atoms with van der Waals surface area (Å²) in [6.45, 7) is 4.52. The largest absolute Gasteiger partial charge is 0.402 e. The molecule has 0 saturated carbocycles. The summed E-state index contributed by atoms with van der Waals surface area (Å²) in [5, 5.41) is 0. The van der Waals surface area contributed by atoms with E-state index in [9.17, 15) is 0 Å². The van der Waals surface area contributed by atoms with Crippen LogP contribution in [-0.2, 0) is 19.4 Å². The fraction of sp³-hybridized carbons (Fsp3) is 0.158. The molecule has 5 nitrogen and oxygen atoms in total. The van der Waals surface area contributed by atoms with E-state index >= 15 is 0 Å². The van der Waals surface area contributed by atoms with E-state index in [1.54, 1.807) is 6.20 Å². The van der Waals surface area contributed by atoms with Crippen molar-refractivity contribution >= 4 is 5.82 Å². The number of imidazole rings is 1. The van der Waals surface area contributed by atoms with Gasteiger partial charge in [-0.15, -0.1) is 0 Å². The third-order valence-electron chi connectivity index (χ3n) is 3.84. The number of anilines is 1. The summed E-state index contributed by atoms with van der Waals surface area (Å²) in [6.07, 6.45) is 4.94. The molecule has 4 N–H and O–H groups in total. The standard InChI is InChI=1S/C19H21N5/c1-14(20)9-18-17(10-15-5-3-2-4-6-15)23-13-24(18)12-16-7-8-22-19(21)11-16/h2-8,11,13H,1,9-10,12,20H2,(H2,21,22). The quantitative estimate of drug-likeness (QED) is 0.731. The highest BCUT2D eigenvalue weighted by Gasteiger charge is 2.12. The zero-order valence-corrected chi connectivity index (χ0v) is 13.5. The minimum atomic E-state index is 0.516. The lowest BCUT2D eigenvalue weighted by atomic mass is 10.1. The second-order valence-corrected chi connectivity index (χ2v) is 5.85. The first-order valence-electron chi connectivity index (χ1n) is 7.82. The maximum Gasteiger partial charge on any atom is 0.123 e. The van der Waals surface area contributed by atoms with E-state index in [1.165, 1.54) is 5.56 Å². The van der Waals surface area contributed by atoms with Gasteiger partial charge in [0.05, 0.1) is 12.0 Å². The molecule has 0 radical (unpaired) electrons. The molecule has 3 aromatic rings. The Morgan fingerprint density at radius 2 is 1.88 bits per heavy atom. The second kappa shape index (κ2) is 7.00. The van der Waals surface area contributed by atoms with Crippen LogP contribution >= 0.6 is 0 Å². The van der Waals surface area contributed by atoms with Crippen LogP contribution in [0.25, 0.3) is 0 Å². The minimum absolute atomic E-state index is 0.516. The van der Waals surface area contributed by atoms with Gasteiger partial charge in [0.25, 0.3) is 0 Å². The minimum Gasteiger partial charge on any atom is -0.402 e. The van der Waals surface area contributed by atoms with E-state index in [4.69, 9.17) is 11.5 Å². The van der Waals surface area contributed by atoms with Crippen LogP contribution in [-0.4, -0.2) is 14.5 Å². The molecule has 24 heavy (non-hydrogen) atoms. The van der Waals surface area contributed by atoms with Crippen molar-refractivity contribution in [2.24, 2.45) is 5.73 Å². The maximum atomic E-state index is 5.87. The molecule has 0 amide bonds. The molecule has 0 unspecified atom stereocenters. The van der Waals surface area contributed by atoms with Crippen LogP contribution in [0.5, 0.6) is 0 Å². The predicted molar refractivity (Wildman–Crippen MR) is 96.3 cm³/mol. The van der Waals surface area contributed by atoms with Crippen LogP contribution in [0, 0.1) is 0 Å². The van der Waals surface area contributed by atoms with Crippen LogP contribution in [0.15, 0.2) is 67.3 Å². The molecule has 0 aliphatic carbocycles. The number of nitrogen functional groups attached to an aromatic ring is 1. The van der Waals surface area contributed by atoms with Crippen molar-refractivity contribution < 1.29 is 0 Å². The van der Waals surface area contributed by atoms with E-state index in [2.05, 4.69) is 33.2 Å². The lowest BCUT2D eigenvalue weighted by Gasteiger charge is -2.11. The number of allylic oxidation sites excluding steroid dienone is 1. The predicted octanol–water partition coefficient (Wildman–Crippen LogP) is 2.51. The van der Waals surface area contributed by atoms with Gasteiger partial charge >= 0.3 is 0 Å². The van der Waals surface area contributed by atoms with Gasteiger partial charge in [0.2, 0.25) is 0 Å². The molecular formula is C19H21N5. The summed E-state index contributed by atoms with van der Waals surface area (Å²) in [5.41, 5.74) is 16.7. The number of hydrogen-bond acceptors (Lipinski definition) is 4. The average molecular weight is 319 g/mol. The van der Waals surface area contributed by atoms with E-state index < -0.39 is 0 Å². The summed E-state index contributed by atoms with van der Waals surface area (Å²) in [4.78, 5) is 8.63. The summed E-state index contributed by atoms with van der Waals surface area (Å²) >= 11 is 0. The van der Waals surface area contributed by atoms with Gasteiger partial charge in [0, 0.05) is 37.0 Å². The Labute approximate surface area is 141 Å². The summed E-state index contributed by atoms with van der Waals surface area (Å²) in [5.74, 6) is 0.516. The van der Waals surface area contributed by atoms with Crippen LogP contribution < -0.4 is 11.5 Å². The van der Waals surface area contributed by atoms with Gasteiger partial charge < -0.3 is 16.0 Å². The Kier molecular flexibility index (Phi) is 4.61. The Morgan fingerprint density at radius 3 is 2.58 bits per heavy atom. The highest BCUT2D eigenvalue weighted by Crippen LogP contribution is 2.17. The Hall–Kier alpha value is -3.08. The third kappa shape index (κ3) is 3.81. The van der Waals surface area contributed by atoms with E-state index in [-0.39, 0.29) is 0 Å². The molecule has 0 spiro atoms. The van der Waals surface area contributed by atoms with Gasteiger partial charge in [0.1, 0.15) is 5.82 Å². The zero-order chi connectivity index (χ0) is 16.9. The average Bonchev–Trinajstić information content (AvgIpc) is 2.90. The monoisotopic (exact) mass is 319 g/mol. The molecule has 3 rings (SSSR count). The molecule has 0 aliphatic rings. The number of benzene rings is 1. The Morgan fingerprint density at radius 1 is 1.08 bits per heavy atom. The van der Waals surface area contributed by atoms with Crippen molar-refractivity contribution in [3.8, 4) is 0 Å². The van der Waals surface area contributed by atoms with Crippen LogP contribution in [0.1, 0.15) is 22.5 Å². The van der Waals surface area contributed by atoms with Gasteiger partial charge in [0.15, 0.2) is 0 Å². The fourth-order valence-corrected chi connectivity index (χ4v) is 2.73. The first-order chi connectivity index (χ1) is 11.6. The van der Waals surface area contributed by atoms with Crippen molar-refractivity contribution in [3.63, 3.8) is 0 Å². The van der Waals surface area contributed by atoms with Crippen molar-refractivity contribution in [1.29, 1.82) is 0 Å². The molecule has 122 valence electrons. The number of rotatable bonds is 6. The smallest absolute Gasteiger partial charge is 0.123 e. The maximum absolute atomic E-state index is 5.87. The summed E-state index contributed by atoms with van der Waals surface area (Å²) in [6, 6.07) is 14.1. The van der Waals surface area contributed by atoms with Crippen LogP contribution in [0.2, 0.25) is 0 Å². The lowest BCUT2D eigenvalue weighted by Crippen LogP contribution is -2.10. The number of hydrogen-bond donors (Lipinski definition) is 2. The first kappa shape index (κ1) is 15.8. The molecule has 0 saturated heterocycles. The lowest BCUT2D eigenvalue weighted by molar-refractivity contribution is 0.745. The molecular weight excluding hydrogens is 298 g/mol. The highest BCUT2D eigenvalue weighted by molar-refractivity contribution is 5.33. The number of nitrogens with two attached hydrogens (primary N) is 2. The van der Waals surface area contributed by atoms with Gasteiger partial charge in [-0.25, -0.2) is 9.97 Å². The van der Waals surface area contributed by atoms with E-state index in [0.717, 1.165) is 23.4 Å². The summed E-state index contributed by atoms with van der Waals surface area (Å²) < 4.78 is 2.10. The molecule has 0 atom stereocenters. The van der Waals surface area contributed by atoms with E-state index in [1.807, 2.05) is 36.7 Å². The molecule has 0 bridgehead atoms. The Bertz CT molecular complexity index is 836. The number of pyridine rings is 1. The molecule has 2 aromatic heterocycles. The SMILES string of the molecule is C=C(N)Cc1c(Cc2ccccc2)ncn1Cc1ccnc(N)c1. The Balaban J connectivity index is 1.90. The molecule has 0 fully saturated rings. The molecule has 2 heterocycles. The topological polar surface area (TPSA) is 82.8 Å². The summed E-state index contributed by atoms with van der Waals surface area (Å²) in [7, 11) is 0.